The van der Waals surface area contributed by atoms with Crippen molar-refractivity contribution in [2.75, 3.05) is 5.73 Å². The Labute approximate surface area is 78.4 Å². The average Bonchev–Trinajstić information content (AvgIpc) is 2.22. The number of nitrogen functional groups attached to an aromatic ring is 1. The van der Waals surface area contributed by atoms with Gasteiger partial charge in [0, 0.05) is 11.6 Å². The molecule has 0 saturated carbocycles. The number of hydrogen-bond donors (Lipinski definition) is 1. The molecule has 0 atom stereocenters. The van der Waals surface area contributed by atoms with Gasteiger partial charge in [-0.1, -0.05) is 32.0 Å². The van der Waals surface area contributed by atoms with Crippen molar-refractivity contribution in [1.82, 2.24) is 4.98 Å². The molecular weight excluding hydrogens is 160 g/mol. The fraction of sp³-hybridized carbons (Fsp3) is 0.182. The van der Waals surface area contributed by atoms with Crippen molar-refractivity contribution in [3.05, 3.63) is 36.5 Å². The summed E-state index contributed by atoms with van der Waals surface area (Å²) < 4.78 is 0. The van der Waals surface area contributed by atoms with Crippen LogP contribution >= 0.6 is 0 Å². The molecule has 0 saturated heterocycles. The quantitative estimate of drug-likeness (QED) is 0.624. The molecule has 0 bridgehead atoms. The van der Waals surface area contributed by atoms with E-state index in [0.717, 1.165) is 16.6 Å². The van der Waals surface area contributed by atoms with Crippen molar-refractivity contribution in [2.45, 2.75) is 13.8 Å². The van der Waals surface area contributed by atoms with Gasteiger partial charge in [0.15, 0.2) is 0 Å². The lowest BCUT2D eigenvalue weighted by molar-refractivity contribution is 1.41. The molecule has 0 aliphatic heterocycles. The Morgan fingerprint density at radius 2 is 1.77 bits per heavy atom. The maximum Gasteiger partial charge on any atom is 0.0931 e. The van der Waals surface area contributed by atoms with Crippen LogP contribution in [0.25, 0.3) is 10.9 Å². The number of nitrogens with two attached hydrogens (primary N) is 1. The molecule has 2 N–H and O–H groups in total. The van der Waals surface area contributed by atoms with E-state index in [4.69, 9.17) is 5.73 Å². The van der Waals surface area contributed by atoms with Gasteiger partial charge in [-0.25, -0.2) is 0 Å². The highest BCUT2D eigenvalue weighted by Crippen LogP contribution is 2.16. The second kappa shape index (κ2) is 4.45. The van der Waals surface area contributed by atoms with Crippen LogP contribution in [0.4, 0.5) is 5.69 Å². The Hall–Kier alpha value is -1.57. The maximum absolute atomic E-state index is 5.69. The SMILES string of the molecule is CC.Nc1cccc2cccnc12. The number of nitrogens with zero attached hydrogens (tertiary/aromatic N) is 1. The molecule has 0 aliphatic carbocycles. The number of benzene rings is 1. The van der Waals surface area contributed by atoms with Gasteiger partial charge in [-0.2, -0.15) is 0 Å². The summed E-state index contributed by atoms with van der Waals surface area (Å²) in [6.07, 6.45) is 1.75. The average molecular weight is 174 g/mol. The lowest BCUT2D eigenvalue weighted by atomic mass is 10.2. The summed E-state index contributed by atoms with van der Waals surface area (Å²) in [5.74, 6) is 0. The van der Waals surface area contributed by atoms with Crippen molar-refractivity contribution >= 4 is 16.6 Å². The second-order valence-electron chi connectivity index (χ2n) is 2.42. The normalized spacial score (nSPS) is 9.08. The van der Waals surface area contributed by atoms with E-state index in [9.17, 15) is 0 Å². The largest absolute Gasteiger partial charge is 0.397 e. The molecule has 1 aromatic carbocycles. The number of para-hydroxylation sites is 1. The van der Waals surface area contributed by atoms with Crippen LogP contribution in [0.5, 0.6) is 0 Å². The first-order chi connectivity index (χ1) is 6.38. The maximum atomic E-state index is 5.69. The third-order valence-electron chi connectivity index (χ3n) is 1.66. The number of aromatic nitrogens is 1. The molecule has 1 aromatic heterocycles. The van der Waals surface area contributed by atoms with Gasteiger partial charge in [0.2, 0.25) is 0 Å². The number of pyridine rings is 1. The predicted molar refractivity (Wildman–Crippen MR) is 57.5 cm³/mol. The highest BCUT2D eigenvalue weighted by molar-refractivity contribution is 5.88. The van der Waals surface area contributed by atoms with Gasteiger partial charge in [0.1, 0.15) is 0 Å². The predicted octanol–water partition coefficient (Wildman–Crippen LogP) is 2.84. The van der Waals surface area contributed by atoms with Crippen molar-refractivity contribution in [1.29, 1.82) is 0 Å². The summed E-state index contributed by atoms with van der Waals surface area (Å²) in [7, 11) is 0. The summed E-state index contributed by atoms with van der Waals surface area (Å²) in [6, 6.07) is 9.69. The van der Waals surface area contributed by atoms with Gasteiger partial charge in [0.25, 0.3) is 0 Å². The molecule has 2 aromatic rings. The molecule has 0 spiro atoms. The minimum Gasteiger partial charge on any atom is -0.397 e. The standard InChI is InChI=1S/C9H8N2.C2H6/c10-8-5-1-3-7-4-2-6-11-9(7)8;1-2/h1-6H,10H2;1-2H3. The van der Waals surface area contributed by atoms with Crippen LogP contribution in [-0.4, -0.2) is 4.98 Å². The minimum absolute atomic E-state index is 0.739. The minimum atomic E-state index is 0.739. The van der Waals surface area contributed by atoms with Gasteiger partial charge in [0.05, 0.1) is 11.2 Å². The van der Waals surface area contributed by atoms with Gasteiger partial charge in [-0.05, 0) is 12.1 Å². The van der Waals surface area contributed by atoms with Gasteiger partial charge >= 0.3 is 0 Å². The van der Waals surface area contributed by atoms with E-state index >= 15 is 0 Å². The molecule has 0 amide bonds. The van der Waals surface area contributed by atoms with E-state index in [1.807, 2.05) is 44.2 Å². The first-order valence-corrected chi connectivity index (χ1v) is 4.47. The summed E-state index contributed by atoms with van der Waals surface area (Å²) in [6.45, 7) is 4.00. The molecule has 68 valence electrons. The zero-order chi connectivity index (χ0) is 9.68. The molecule has 0 aliphatic rings. The van der Waals surface area contributed by atoms with Crippen LogP contribution < -0.4 is 5.73 Å². The summed E-state index contributed by atoms with van der Waals surface area (Å²) in [4.78, 5) is 4.16. The molecule has 0 unspecified atom stereocenters. The first-order valence-electron chi connectivity index (χ1n) is 4.47. The van der Waals surface area contributed by atoms with Crippen LogP contribution in [0.1, 0.15) is 13.8 Å². The highest BCUT2D eigenvalue weighted by Gasteiger charge is 1.94. The first kappa shape index (κ1) is 9.52. The van der Waals surface area contributed by atoms with Gasteiger partial charge < -0.3 is 5.73 Å². The molecule has 0 fully saturated rings. The van der Waals surface area contributed by atoms with Crippen LogP contribution in [-0.2, 0) is 0 Å². The molecule has 2 nitrogen and oxygen atoms in total. The van der Waals surface area contributed by atoms with Crippen molar-refractivity contribution < 1.29 is 0 Å². The van der Waals surface area contributed by atoms with E-state index in [-0.39, 0.29) is 0 Å². The van der Waals surface area contributed by atoms with Crippen molar-refractivity contribution in [3.8, 4) is 0 Å². The topological polar surface area (TPSA) is 38.9 Å². The Morgan fingerprint density at radius 3 is 2.46 bits per heavy atom. The fourth-order valence-electron chi connectivity index (χ4n) is 1.13. The third-order valence-corrected chi connectivity index (χ3v) is 1.66. The van der Waals surface area contributed by atoms with E-state index in [0.29, 0.717) is 0 Å². The zero-order valence-corrected chi connectivity index (χ0v) is 7.99. The van der Waals surface area contributed by atoms with Crippen LogP contribution in [0.3, 0.4) is 0 Å². The van der Waals surface area contributed by atoms with Crippen LogP contribution in [0, 0.1) is 0 Å². The summed E-state index contributed by atoms with van der Waals surface area (Å²) in [5, 5.41) is 1.09. The summed E-state index contributed by atoms with van der Waals surface area (Å²) in [5.41, 5.74) is 7.32. The van der Waals surface area contributed by atoms with Gasteiger partial charge in [-0.3, -0.25) is 4.98 Å². The van der Waals surface area contributed by atoms with Gasteiger partial charge in [-0.15, -0.1) is 0 Å². The number of rotatable bonds is 0. The Kier molecular flexibility index (Phi) is 3.26. The lowest BCUT2D eigenvalue weighted by Crippen LogP contribution is -1.87. The zero-order valence-electron chi connectivity index (χ0n) is 7.99. The molecule has 1 heterocycles. The highest BCUT2D eigenvalue weighted by atomic mass is 14.7. The molecule has 0 radical (unpaired) electrons. The smallest absolute Gasteiger partial charge is 0.0931 e. The van der Waals surface area contributed by atoms with E-state index in [1.54, 1.807) is 6.20 Å². The van der Waals surface area contributed by atoms with E-state index in [2.05, 4.69) is 4.98 Å². The Bertz CT molecular complexity index is 377. The van der Waals surface area contributed by atoms with Crippen LogP contribution in [0.2, 0.25) is 0 Å². The lowest BCUT2D eigenvalue weighted by Gasteiger charge is -1.97. The van der Waals surface area contributed by atoms with Crippen molar-refractivity contribution in [2.24, 2.45) is 0 Å². The molecule has 2 heteroatoms. The Morgan fingerprint density at radius 1 is 1.08 bits per heavy atom. The molecule has 2 rings (SSSR count). The van der Waals surface area contributed by atoms with Crippen molar-refractivity contribution in [3.63, 3.8) is 0 Å². The van der Waals surface area contributed by atoms with E-state index < -0.39 is 0 Å². The molecule has 13 heavy (non-hydrogen) atoms. The Balaban J connectivity index is 0.000000396. The fourth-order valence-corrected chi connectivity index (χ4v) is 1.13. The number of fused-ring (bicyclic) bond motifs is 1. The molecular formula is C11H14N2. The summed E-state index contributed by atoms with van der Waals surface area (Å²) >= 11 is 0. The number of anilines is 1. The number of hydrogen-bond acceptors (Lipinski definition) is 2. The monoisotopic (exact) mass is 174 g/mol. The third kappa shape index (κ3) is 1.96. The van der Waals surface area contributed by atoms with E-state index in [1.165, 1.54) is 0 Å². The second-order valence-corrected chi connectivity index (χ2v) is 2.42. The van der Waals surface area contributed by atoms with Crippen LogP contribution in [0.15, 0.2) is 36.5 Å².